The topological polar surface area (TPSA) is 112 Å². The molecule has 4 rings (SSSR count). The second-order valence-corrected chi connectivity index (χ2v) is 9.41. The molecule has 0 saturated carbocycles. The molecule has 2 aromatic rings. The Balaban J connectivity index is 1.76. The van der Waals surface area contributed by atoms with Crippen molar-refractivity contribution in [3.63, 3.8) is 0 Å². The highest BCUT2D eigenvalue weighted by Crippen LogP contribution is 2.36. The quantitative estimate of drug-likeness (QED) is 0.628. The molecule has 0 radical (unpaired) electrons. The highest BCUT2D eigenvalue weighted by molar-refractivity contribution is 6.07. The number of pyridine rings is 1. The Morgan fingerprint density at radius 1 is 1.16 bits per heavy atom. The summed E-state index contributed by atoms with van der Waals surface area (Å²) in [6, 6.07) is 3.52. The fraction of sp³-hybridized carbons (Fsp3) is 0.400. The Kier molecular flexibility index (Phi) is 7.30. The minimum absolute atomic E-state index is 0.0309. The van der Waals surface area contributed by atoms with Gasteiger partial charge in [-0.15, -0.1) is 0 Å². The number of benzene rings is 1. The SMILES string of the molecule is C[C@@H]1CN(c2cc(F)c(C3=CCN(C(=O)[O-])C3)cc2NC(=O)c2c[nH]c(=O)cc2C(F)F)C[C@H](C)N1C. The van der Waals surface area contributed by atoms with Gasteiger partial charge in [0, 0.05) is 61.7 Å². The summed E-state index contributed by atoms with van der Waals surface area (Å²) in [5, 5.41) is 13.8. The van der Waals surface area contributed by atoms with Crippen molar-refractivity contribution in [2.45, 2.75) is 32.4 Å². The van der Waals surface area contributed by atoms with E-state index >= 15 is 4.39 Å². The van der Waals surface area contributed by atoms with Crippen LogP contribution in [0.5, 0.6) is 0 Å². The molecular formula is C25H27F3N5O4-. The molecule has 1 saturated heterocycles. The number of nitrogens with zero attached hydrogens (tertiary/aromatic N) is 3. The van der Waals surface area contributed by atoms with Gasteiger partial charge in [0.05, 0.1) is 16.9 Å². The molecule has 37 heavy (non-hydrogen) atoms. The van der Waals surface area contributed by atoms with Crippen LogP contribution < -0.4 is 20.9 Å². The van der Waals surface area contributed by atoms with Gasteiger partial charge in [-0.1, -0.05) is 6.08 Å². The number of anilines is 2. The Morgan fingerprint density at radius 3 is 2.43 bits per heavy atom. The number of halogens is 3. The number of aromatic nitrogens is 1. The van der Waals surface area contributed by atoms with E-state index in [1.807, 2.05) is 25.8 Å². The molecule has 1 aromatic heterocycles. The van der Waals surface area contributed by atoms with Crippen LogP contribution >= 0.6 is 0 Å². The lowest BCUT2D eigenvalue weighted by Gasteiger charge is -2.44. The third kappa shape index (κ3) is 5.33. The summed E-state index contributed by atoms with van der Waals surface area (Å²) < 4.78 is 42.5. The van der Waals surface area contributed by atoms with Crippen molar-refractivity contribution >= 4 is 28.9 Å². The largest absolute Gasteiger partial charge is 0.530 e. The molecule has 9 nitrogen and oxygen atoms in total. The maximum atomic E-state index is 15.4. The average Bonchev–Trinajstić information content (AvgIpc) is 3.33. The van der Waals surface area contributed by atoms with E-state index in [0.717, 1.165) is 11.1 Å². The first-order valence-corrected chi connectivity index (χ1v) is 11.7. The van der Waals surface area contributed by atoms with Crippen LogP contribution in [0.25, 0.3) is 5.57 Å². The third-order valence-electron chi connectivity index (χ3n) is 6.99. The van der Waals surface area contributed by atoms with Gasteiger partial charge >= 0.3 is 0 Å². The lowest BCUT2D eigenvalue weighted by Crippen LogP contribution is -2.55. The molecule has 2 aliphatic heterocycles. The van der Waals surface area contributed by atoms with Gasteiger partial charge in [-0.25, -0.2) is 13.2 Å². The van der Waals surface area contributed by atoms with Crippen molar-refractivity contribution in [1.82, 2.24) is 14.8 Å². The number of amides is 2. The second-order valence-electron chi connectivity index (χ2n) is 9.41. The van der Waals surface area contributed by atoms with Crippen molar-refractivity contribution < 1.29 is 27.9 Å². The van der Waals surface area contributed by atoms with Crippen LogP contribution in [0.4, 0.5) is 29.3 Å². The van der Waals surface area contributed by atoms with E-state index in [0.29, 0.717) is 30.4 Å². The summed E-state index contributed by atoms with van der Waals surface area (Å²) >= 11 is 0. The minimum atomic E-state index is -3.06. The lowest BCUT2D eigenvalue weighted by atomic mass is 10.0. The smallest absolute Gasteiger partial charge is 0.264 e. The van der Waals surface area contributed by atoms with Gasteiger partial charge in [-0.2, -0.15) is 0 Å². The molecule has 0 unspecified atom stereocenters. The predicted molar refractivity (Wildman–Crippen MR) is 130 cm³/mol. The molecule has 2 N–H and O–H groups in total. The van der Waals surface area contributed by atoms with Crippen LogP contribution in [-0.4, -0.2) is 72.1 Å². The fourth-order valence-electron chi connectivity index (χ4n) is 4.72. The van der Waals surface area contributed by atoms with Gasteiger partial charge in [0.1, 0.15) is 11.9 Å². The van der Waals surface area contributed by atoms with Crippen molar-refractivity contribution in [3.8, 4) is 0 Å². The van der Waals surface area contributed by atoms with E-state index in [9.17, 15) is 28.3 Å². The Labute approximate surface area is 211 Å². The van der Waals surface area contributed by atoms with E-state index in [-0.39, 0.29) is 36.4 Å². The Hall–Kier alpha value is -3.80. The number of H-pyrrole nitrogens is 1. The first-order valence-electron chi connectivity index (χ1n) is 11.7. The van der Waals surface area contributed by atoms with E-state index in [1.54, 1.807) is 6.08 Å². The van der Waals surface area contributed by atoms with Crippen molar-refractivity contribution in [2.24, 2.45) is 0 Å². The molecule has 2 atom stereocenters. The number of aromatic amines is 1. The molecule has 12 heteroatoms. The number of carbonyl (C=O) groups is 2. The second kappa shape index (κ2) is 10.3. The van der Waals surface area contributed by atoms with Gasteiger partial charge in [0.15, 0.2) is 0 Å². The first kappa shape index (κ1) is 26.3. The zero-order valence-corrected chi connectivity index (χ0v) is 20.6. The van der Waals surface area contributed by atoms with Gasteiger partial charge < -0.3 is 30.0 Å². The zero-order valence-electron chi connectivity index (χ0n) is 20.6. The number of likely N-dealkylation sites (N-methyl/N-ethyl adjacent to an activating group) is 1. The number of carboxylic acid groups (broad SMARTS) is 1. The molecule has 3 heterocycles. The number of rotatable bonds is 5. The maximum absolute atomic E-state index is 15.4. The van der Waals surface area contributed by atoms with Crippen LogP contribution in [0, 0.1) is 5.82 Å². The molecular weight excluding hydrogens is 491 g/mol. The Morgan fingerprint density at radius 2 is 1.84 bits per heavy atom. The first-order chi connectivity index (χ1) is 17.5. The van der Waals surface area contributed by atoms with E-state index in [4.69, 9.17) is 0 Å². The highest BCUT2D eigenvalue weighted by atomic mass is 19.3. The lowest BCUT2D eigenvalue weighted by molar-refractivity contribution is -0.263. The standard InChI is InChI=1S/C25H28F3N5O4/c1-13-10-33(11-14(2)31(13)3)21-8-19(26)16(15-4-5-32(12-15)25(36)37)6-20(21)30-24(35)18-9-29-22(34)7-17(18)23(27)28/h4,6-9,13-14,23H,5,10-12H2,1-3H3,(H,29,34)(H,30,35)(H,36,37)/p-1/t13-,14+. The summed E-state index contributed by atoms with van der Waals surface area (Å²) in [6.07, 6.45) is -1.99. The number of carbonyl (C=O) groups excluding carboxylic acids is 2. The molecule has 0 bridgehead atoms. The number of piperazine rings is 1. The molecule has 2 amide bonds. The molecule has 0 aliphatic carbocycles. The van der Waals surface area contributed by atoms with E-state index in [2.05, 4.69) is 15.2 Å². The number of nitrogens with one attached hydrogen (secondary N) is 2. The van der Waals surface area contributed by atoms with E-state index in [1.165, 1.54) is 12.1 Å². The summed E-state index contributed by atoms with van der Waals surface area (Å²) in [7, 11) is 1.98. The van der Waals surface area contributed by atoms with Crippen LogP contribution in [0.15, 0.2) is 35.3 Å². The number of hydrogen-bond acceptors (Lipinski definition) is 6. The average molecular weight is 519 g/mol. The monoisotopic (exact) mass is 518 g/mol. The summed E-state index contributed by atoms with van der Waals surface area (Å²) in [6.45, 7) is 5.00. The molecule has 1 aromatic carbocycles. The fourth-order valence-corrected chi connectivity index (χ4v) is 4.72. The summed E-state index contributed by atoms with van der Waals surface area (Å²) in [5.41, 5.74) is -0.924. The van der Waals surface area contributed by atoms with Crippen LogP contribution in [0.2, 0.25) is 0 Å². The molecule has 0 spiro atoms. The van der Waals surface area contributed by atoms with Gasteiger partial charge in [0.2, 0.25) is 5.56 Å². The minimum Gasteiger partial charge on any atom is -0.530 e. The van der Waals surface area contributed by atoms with Gasteiger partial charge in [0.25, 0.3) is 12.3 Å². The van der Waals surface area contributed by atoms with Crippen molar-refractivity contribution in [1.29, 1.82) is 0 Å². The van der Waals surface area contributed by atoms with E-state index < -0.39 is 40.9 Å². The molecule has 1 fully saturated rings. The van der Waals surface area contributed by atoms with Crippen molar-refractivity contribution in [3.05, 3.63) is 63.3 Å². The third-order valence-corrected chi connectivity index (χ3v) is 6.99. The zero-order chi connectivity index (χ0) is 27.0. The predicted octanol–water partition coefficient (Wildman–Crippen LogP) is 2.28. The van der Waals surface area contributed by atoms with Crippen molar-refractivity contribution in [2.75, 3.05) is 43.4 Å². The van der Waals surface area contributed by atoms with Crippen LogP contribution in [0.3, 0.4) is 0 Å². The van der Waals surface area contributed by atoms with Gasteiger partial charge in [-0.05, 0) is 38.6 Å². The van der Waals surface area contributed by atoms with Crippen LogP contribution in [0.1, 0.15) is 41.8 Å². The maximum Gasteiger partial charge on any atom is 0.264 e. The van der Waals surface area contributed by atoms with Gasteiger partial charge in [-0.3, -0.25) is 14.5 Å². The highest BCUT2D eigenvalue weighted by Gasteiger charge is 2.30. The number of alkyl halides is 2. The number of hydrogen-bond donors (Lipinski definition) is 2. The van der Waals surface area contributed by atoms with Crippen LogP contribution in [-0.2, 0) is 0 Å². The molecule has 198 valence electrons. The normalized spacial score (nSPS) is 20.4. The Bertz CT molecular complexity index is 1300. The summed E-state index contributed by atoms with van der Waals surface area (Å²) in [5.74, 6) is -1.52. The summed E-state index contributed by atoms with van der Waals surface area (Å²) in [4.78, 5) is 43.2. The molecule has 2 aliphatic rings.